The first-order valence-corrected chi connectivity index (χ1v) is 9.74. The van der Waals surface area contributed by atoms with Crippen LogP contribution >= 0.6 is 0 Å². The minimum Gasteiger partial charge on any atom is -0.336 e. The van der Waals surface area contributed by atoms with Crippen LogP contribution in [-0.2, 0) is 11.2 Å². The number of aliphatic imine (C=N–C) groups is 1. The molecule has 7 nitrogen and oxygen atoms in total. The number of aromatic nitrogens is 1. The Morgan fingerprint density at radius 1 is 1.17 bits per heavy atom. The van der Waals surface area contributed by atoms with Gasteiger partial charge >= 0.3 is 0 Å². The first-order valence-electron chi connectivity index (χ1n) is 9.74. The second-order valence-corrected chi connectivity index (χ2v) is 7.43. The molecular formula is C23H22N4O3. The van der Waals surface area contributed by atoms with Gasteiger partial charge in [-0.1, -0.05) is 60.6 Å². The molecule has 2 heterocycles. The van der Waals surface area contributed by atoms with Crippen LogP contribution in [0.2, 0.25) is 0 Å². The fourth-order valence-electron chi connectivity index (χ4n) is 3.39. The van der Waals surface area contributed by atoms with Crippen LogP contribution in [0.5, 0.6) is 0 Å². The third-order valence-corrected chi connectivity index (χ3v) is 5.00. The molecule has 7 heteroatoms. The maximum Gasteiger partial charge on any atom is 0.253 e. The van der Waals surface area contributed by atoms with Crippen LogP contribution in [0.4, 0.5) is 5.88 Å². The molecule has 0 bridgehead atoms. The number of carbonyl (C=O) groups is 2. The van der Waals surface area contributed by atoms with Gasteiger partial charge in [-0.05, 0) is 18.1 Å². The van der Waals surface area contributed by atoms with E-state index in [0.717, 1.165) is 11.3 Å². The van der Waals surface area contributed by atoms with Crippen molar-refractivity contribution in [1.82, 2.24) is 15.4 Å². The lowest BCUT2D eigenvalue weighted by Gasteiger charge is -2.09. The lowest BCUT2D eigenvalue weighted by atomic mass is 9.95. The molecule has 1 aliphatic rings. The fraction of sp³-hybridized carbons (Fsp3) is 0.217. The molecular weight excluding hydrogens is 380 g/mol. The minimum absolute atomic E-state index is 0.00683. The number of nitrogens with one attached hydrogen (secondary N) is 1. The molecule has 0 saturated carbocycles. The summed E-state index contributed by atoms with van der Waals surface area (Å²) in [4.78, 5) is 30.1. The van der Waals surface area contributed by atoms with Crippen LogP contribution in [0.3, 0.4) is 0 Å². The first-order chi connectivity index (χ1) is 14.5. The van der Waals surface area contributed by atoms with Crippen LogP contribution in [0.15, 0.2) is 70.2 Å². The predicted octanol–water partition coefficient (Wildman–Crippen LogP) is 3.30. The maximum absolute atomic E-state index is 12.7. The average molecular weight is 402 g/mol. The van der Waals surface area contributed by atoms with E-state index in [-0.39, 0.29) is 24.2 Å². The summed E-state index contributed by atoms with van der Waals surface area (Å²) < 4.78 is 5.32. The summed E-state index contributed by atoms with van der Waals surface area (Å²) in [7, 11) is 1.78. The van der Waals surface area contributed by atoms with E-state index in [2.05, 4.69) is 15.5 Å². The van der Waals surface area contributed by atoms with Gasteiger partial charge in [0.2, 0.25) is 11.9 Å². The van der Waals surface area contributed by atoms with Gasteiger partial charge in [0.05, 0.1) is 12.2 Å². The third-order valence-electron chi connectivity index (χ3n) is 5.00. The van der Waals surface area contributed by atoms with Crippen LogP contribution in [-0.4, -0.2) is 41.3 Å². The van der Waals surface area contributed by atoms with Gasteiger partial charge in [0, 0.05) is 30.2 Å². The second-order valence-electron chi connectivity index (χ2n) is 7.43. The molecule has 1 amide bonds. The van der Waals surface area contributed by atoms with Crippen molar-refractivity contribution in [3.8, 4) is 0 Å². The third kappa shape index (κ3) is 4.30. The number of likely N-dealkylation sites (N-methyl/N-ethyl adjacent to an activating group) is 1. The Hall–Kier alpha value is -3.74. The molecule has 0 spiro atoms. The van der Waals surface area contributed by atoms with Gasteiger partial charge in [0.1, 0.15) is 0 Å². The molecule has 1 aromatic heterocycles. The fourth-order valence-corrected chi connectivity index (χ4v) is 3.39. The van der Waals surface area contributed by atoms with Crippen molar-refractivity contribution in [3.63, 3.8) is 0 Å². The Morgan fingerprint density at radius 3 is 2.67 bits per heavy atom. The van der Waals surface area contributed by atoms with Gasteiger partial charge in [-0.15, -0.1) is 0 Å². The van der Waals surface area contributed by atoms with Gasteiger partial charge in [0.25, 0.3) is 5.88 Å². The van der Waals surface area contributed by atoms with Gasteiger partial charge in [-0.2, -0.15) is 4.99 Å². The highest BCUT2D eigenvalue weighted by molar-refractivity contribution is 6.09. The van der Waals surface area contributed by atoms with Gasteiger partial charge in [0.15, 0.2) is 5.78 Å². The SMILES string of the molecule is CC(Cc1cccc(C(=O)c2ccccc2)c1)c1cc(N=C2NC(=O)CN2C)on1. The predicted molar refractivity (Wildman–Crippen MR) is 113 cm³/mol. The number of hydrogen-bond donors (Lipinski definition) is 1. The summed E-state index contributed by atoms with van der Waals surface area (Å²) in [5.41, 5.74) is 3.15. The maximum atomic E-state index is 12.7. The average Bonchev–Trinajstić information content (AvgIpc) is 3.34. The van der Waals surface area contributed by atoms with E-state index in [1.807, 2.05) is 61.5 Å². The highest BCUT2D eigenvalue weighted by atomic mass is 16.5. The number of carbonyl (C=O) groups excluding carboxylic acids is 2. The molecule has 1 saturated heterocycles. The number of hydrogen-bond acceptors (Lipinski definition) is 5. The molecule has 3 aromatic rings. The number of rotatable bonds is 6. The van der Waals surface area contributed by atoms with E-state index in [0.29, 0.717) is 29.4 Å². The van der Waals surface area contributed by atoms with E-state index in [4.69, 9.17) is 4.52 Å². The topological polar surface area (TPSA) is 87.8 Å². The van der Waals surface area contributed by atoms with Crippen molar-refractivity contribution < 1.29 is 14.1 Å². The Bertz CT molecular complexity index is 1100. The molecule has 152 valence electrons. The van der Waals surface area contributed by atoms with Crippen molar-refractivity contribution in [1.29, 1.82) is 0 Å². The smallest absolute Gasteiger partial charge is 0.253 e. The standard InChI is InChI=1S/C23H22N4O3/c1-15(19-13-21(30-26-19)25-23-24-20(28)14-27(23)2)11-16-7-6-10-18(12-16)22(29)17-8-4-3-5-9-17/h3-10,12-13,15H,11,14H2,1-2H3,(H,24,25,28). The van der Waals surface area contributed by atoms with E-state index >= 15 is 0 Å². The Kier molecular flexibility index (Phi) is 5.43. The minimum atomic E-state index is -0.103. The Labute approximate surface area is 174 Å². The zero-order chi connectivity index (χ0) is 21.1. The normalized spacial score (nSPS) is 16.0. The quantitative estimate of drug-likeness (QED) is 0.639. The number of amides is 1. The monoisotopic (exact) mass is 402 g/mol. The van der Waals surface area contributed by atoms with Crippen LogP contribution < -0.4 is 5.32 Å². The van der Waals surface area contributed by atoms with Crippen molar-refractivity contribution in [2.75, 3.05) is 13.6 Å². The molecule has 0 radical (unpaired) electrons. The summed E-state index contributed by atoms with van der Waals surface area (Å²) in [5, 5.41) is 6.80. The van der Waals surface area contributed by atoms with Gasteiger partial charge in [-0.3, -0.25) is 14.9 Å². The van der Waals surface area contributed by atoms with E-state index in [1.165, 1.54) is 0 Å². The van der Waals surface area contributed by atoms with Crippen molar-refractivity contribution in [3.05, 3.63) is 83.0 Å². The summed E-state index contributed by atoms with van der Waals surface area (Å²) >= 11 is 0. The zero-order valence-electron chi connectivity index (χ0n) is 16.8. The molecule has 0 aliphatic carbocycles. The summed E-state index contributed by atoms with van der Waals surface area (Å²) in [6, 6.07) is 18.7. The molecule has 1 N–H and O–H groups in total. The van der Waals surface area contributed by atoms with E-state index in [9.17, 15) is 9.59 Å². The summed E-state index contributed by atoms with van der Waals surface area (Å²) in [6.45, 7) is 2.32. The Balaban J connectivity index is 1.46. The van der Waals surface area contributed by atoms with Gasteiger partial charge < -0.3 is 9.42 Å². The number of ketones is 1. The van der Waals surface area contributed by atoms with Crippen LogP contribution in [0, 0.1) is 0 Å². The summed E-state index contributed by atoms with van der Waals surface area (Å²) in [6.07, 6.45) is 0.703. The molecule has 2 aromatic carbocycles. The van der Waals surface area contributed by atoms with Crippen molar-refractivity contribution in [2.24, 2.45) is 4.99 Å². The molecule has 1 fully saturated rings. The van der Waals surface area contributed by atoms with Gasteiger partial charge in [-0.25, -0.2) is 0 Å². The molecule has 1 aliphatic heterocycles. The number of benzene rings is 2. The molecule has 30 heavy (non-hydrogen) atoms. The number of nitrogens with zero attached hydrogens (tertiary/aromatic N) is 3. The molecule has 1 unspecified atom stereocenters. The van der Waals surface area contributed by atoms with E-state index in [1.54, 1.807) is 18.0 Å². The molecule has 1 atom stereocenters. The summed E-state index contributed by atoms with van der Waals surface area (Å²) in [5.74, 6) is 0.763. The first kappa shape index (κ1) is 19.6. The Morgan fingerprint density at radius 2 is 1.93 bits per heavy atom. The highest BCUT2D eigenvalue weighted by Gasteiger charge is 2.22. The second kappa shape index (κ2) is 8.32. The lowest BCUT2D eigenvalue weighted by Crippen LogP contribution is -2.26. The zero-order valence-corrected chi connectivity index (χ0v) is 16.8. The van der Waals surface area contributed by atoms with Crippen molar-refractivity contribution in [2.45, 2.75) is 19.3 Å². The number of guanidine groups is 1. The largest absolute Gasteiger partial charge is 0.336 e. The van der Waals surface area contributed by atoms with E-state index < -0.39 is 0 Å². The highest BCUT2D eigenvalue weighted by Crippen LogP contribution is 2.25. The van der Waals surface area contributed by atoms with Crippen molar-refractivity contribution >= 4 is 23.5 Å². The van der Waals surface area contributed by atoms with Crippen LogP contribution in [0.1, 0.15) is 40.0 Å². The van der Waals surface area contributed by atoms with Crippen LogP contribution in [0.25, 0.3) is 0 Å². The lowest BCUT2D eigenvalue weighted by molar-refractivity contribution is -0.118. The molecule has 4 rings (SSSR count).